The number of carbonyl (C=O) groups is 1. The van der Waals surface area contributed by atoms with Crippen molar-refractivity contribution < 1.29 is 4.79 Å². The molecule has 0 aliphatic heterocycles. The zero-order chi connectivity index (χ0) is 12.1. The van der Waals surface area contributed by atoms with Crippen LogP contribution in [0, 0.1) is 0 Å². The summed E-state index contributed by atoms with van der Waals surface area (Å²) in [5.74, 6) is -0.0898. The van der Waals surface area contributed by atoms with E-state index in [1.165, 1.54) is 0 Å². The molecule has 0 radical (unpaired) electrons. The van der Waals surface area contributed by atoms with Crippen molar-refractivity contribution in [3.05, 3.63) is 48.3 Å². The van der Waals surface area contributed by atoms with Crippen molar-refractivity contribution in [2.24, 2.45) is 0 Å². The standard InChI is InChI=1S/C12H13N3OS/c16-12(10-3-1-4-11(17)9-10)13-6-8-15-7-2-5-14-15/h1-5,7,9,17H,6,8H2,(H,13,16). The zero-order valence-corrected chi connectivity index (χ0v) is 10.1. The van der Waals surface area contributed by atoms with E-state index < -0.39 is 0 Å². The lowest BCUT2D eigenvalue weighted by Gasteiger charge is -2.05. The number of benzene rings is 1. The molecule has 1 heterocycles. The summed E-state index contributed by atoms with van der Waals surface area (Å²) in [6.45, 7) is 1.22. The summed E-state index contributed by atoms with van der Waals surface area (Å²) in [5, 5.41) is 6.88. The Morgan fingerprint density at radius 2 is 2.29 bits per heavy atom. The quantitative estimate of drug-likeness (QED) is 0.806. The average Bonchev–Trinajstić information content (AvgIpc) is 2.82. The van der Waals surface area contributed by atoms with E-state index in [-0.39, 0.29) is 5.91 Å². The van der Waals surface area contributed by atoms with Gasteiger partial charge in [-0.2, -0.15) is 5.10 Å². The maximum absolute atomic E-state index is 11.8. The van der Waals surface area contributed by atoms with E-state index in [0.717, 1.165) is 4.90 Å². The Morgan fingerprint density at radius 3 is 3.00 bits per heavy atom. The molecule has 0 aliphatic rings. The number of rotatable bonds is 4. The van der Waals surface area contributed by atoms with Crippen molar-refractivity contribution in [3.63, 3.8) is 0 Å². The Morgan fingerprint density at radius 1 is 1.41 bits per heavy atom. The molecule has 0 bridgehead atoms. The molecule has 1 N–H and O–H groups in total. The second kappa shape index (κ2) is 5.54. The monoisotopic (exact) mass is 247 g/mol. The number of hydrogen-bond acceptors (Lipinski definition) is 3. The van der Waals surface area contributed by atoms with E-state index in [1.807, 2.05) is 24.4 Å². The summed E-state index contributed by atoms with van der Waals surface area (Å²) >= 11 is 4.19. The van der Waals surface area contributed by atoms with Crippen LogP contribution in [0.5, 0.6) is 0 Å². The van der Waals surface area contributed by atoms with Crippen LogP contribution in [-0.2, 0) is 6.54 Å². The van der Waals surface area contributed by atoms with Gasteiger partial charge in [-0.1, -0.05) is 6.07 Å². The molecule has 17 heavy (non-hydrogen) atoms. The smallest absolute Gasteiger partial charge is 0.251 e. The van der Waals surface area contributed by atoms with Gasteiger partial charge in [-0.25, -0.2) is 0 Å². The molecule has 4 nitrogen and oxygen atoms in total. The third kappa shape index (κ3) is 3.35. The second-order valence-corrected chi connectivity index (χ2v) is 4.09. The summed E-state index contributed by atoms with van der Waals surface area (Å²) in [6, 6.07) is 9.01. The van der Waals surface area contributed by atoms with Gasteiger partial charge < -0.3 is 5.32 Å². The predicted octanol–water partition coefficient (Wildman–Crippen LogP) is 1.60. The third-order valence-electron chi connectivity index (χ3n) is 2.29. The van der Waals surface area contributed by atoms with Crippen molar-refractivity contribution in [1.29, 1.82) is 0 Å². The van der Waals surface area contributed by atoms with E-state index in [0.29, 0.717) is 18.7 Å². The van der Waals surface area contributed by atoms with Crippen molar-refractivity contribution >= 4 is 18.5 Å². The van der Waals surface area contributed by atoms with Crippen LogP contribution < -0.4 is 5.32 Å². The van der Waals surface area contributed by atoms with Gasteiger partial charge in [0, 0.05) is 29.4 Å². The van der Waals surface area contributed by atoms with Gasteiger partial charge in [-0.15, -0.1) is 12.6 Å². The number of hydrogen-bond donors (Lipinski definition) is 2. The van der Waals surface area contributed by atoms with Gasteiger partial charge in [-0.3, -0.25) is 9.48 Å². The fourth-order valence-electron chi connectivity index (χ4n) is 1.47. The molecule has 88 valence electrons. The van der Waals surface area contributed by atoms with Gasteiger partial charge in [0.25, 0.3) is 5.91 Å². The summed E-state index contributed by atoms with van der Waals surface area (Å²) in [7, 11) is 0. The van der Waals surface area contributed by atoms with Crippen molar-refractivity contribution in [2.75, 3.05) is 6.54 Å². The highest BCUT2D eigenvalue weighted by Gasteiger charge is 2.04. The lowest BCUT2D eigenvalue weighted by atomic mass is 10.2. The summed E-state index contributed by atoms with van der Waals surface area (Å²) in [4.78, 5) is 12.5. The molecular weight excluding hydrogens is 234 g/mol. The molecule has 1 aromatic heterocycles. The molecule has 1 amide bonds. The van der Waals surface area contributed by atoms with Gasteiger partial charge in [0.2, 0.25) is 0 Å². The van der Waals surface area contributed by atoms with Crippen LogP contribution in [-0.4, -0.2) is 22.2 Å². The van der Waals surface area contributed by atoms with E-state index in [2.05, 4.69) is 23.0 Å². The van der Waals surface area contributed by atoms with Gasteiger partial charge in [0.05, 0.1) is 6.54 Å². The first kappa shape index (κ1) is 11.7. The van der Waals surface area contributed by atoms with E-state index in [1.54, 1.807) is 23.0 Å². The number of carbonyl (C=O) groups excluding carboxylic acids is 1. The summed E-state index contributed by atoms with van der Waals surface area (Å²) in [5.41, 5.74) is 0.623. The molecule has 0 aliphatic carbocycles. The highest BCUT2D eigenvalue weighted by Crippen LogP contribution is 2.08. The van der Waals surface area contributed by atoms with Crippen LogP contribution in [0.25, 0.3) is 0 Å². The highest BCUT2D eigenvalue weighted by molar-refractivity contribution is 7.80. The Bertz CT molecular complexity index is 496. The second-order valence-electron chi connectivity index (χ2n) is 3.58. The Labute approximate surface area is 105 Å². The first-order chi connectivity index (χ1) is 8.25. The van der Waals surface area contributed by atoms with Crippen molar-refractivity contribution in [2.45, 2.75) is 11.4 Å². The number of aromatic nitrogens is 2. The molecule has 0 spiro atoms. The topological polar surface area (TPSA) is 46.9 Å². The van der Waals surface area contributed by atoms with Crippen molar-refractivity contribution in [1.82, 2.24) is 15.1 Å². The number of amides is 1. The summed E-state index contributed by atoms with van der Waals surface area (Å²) < 4.78 is 1.77. The molecule has 1 aromatic carbocycles. The minimum absolute atomic E-state index is 0.0898. The van der Waals surface area contributed by atoms with Crippen molar-refractivity contribution in [3.8, 4) is 0 Å². The number of nitrogens with one attached hydrogen (secondary N) is 1. The third-order valence-corrected chi connectivity index (χ3v) is 2.57. The molecular formula is C12H13N3OS. The lowest BCUT2D eigenvalue weighted by Crippen LogP contribution is -2.27. The fraction of sp³-hybridized carbons (Fsp3) is 0.167. The van der Waals surface area contributed by atoms with Crippen LogP contribution in [0.3, 0.4) is 0 Å². The first-order valence-corrected chi connectivity index (χ1v) is 5.75. The normalized spacial score (nSPS) is 10.2. The highest BCUT2D eigenvalue weighted by atomic mass is 32.1. The fourth-order valence-corrected chi connectivity index (χ4v) is 1.69. The Balaban J connectivity index is 1.85. The lowest BCUT2D eigenvalue weighted by molar-refractivity contribution is 0.0951. The minimum atomic E-state index is -0.0898. The maximum atomic E-state index is 11.8. The SMILES string of the molecule is O=C(NCCn1cccn1)c1cccc(S)c1. The van der Waals surface area contributed by atoms with Gasteiger partial charge in [0.1, 0.15) is 0 Å². The molecule has 0 atom stereocenters. The van der Waals surface area contributed by atoms with E-state index >= 15 is 0 Å². The van der Waals surface area contributed by atoms with Crippen LogP contribution in [0.1, 0.15) is 10.4 Å². The van der Waals surface area contributed by atoms with Gasteiger partial charge in [0.15, 0.2) is 0 Å². The van der Waals surface area contributed by atoms with Gasteiger partial charge >= 0.3 is 0 Å². The molecule has 2 rings (SSSR count). The molecule has 0 saturated carbocycles. The first-order valence-electron chi connectivity index (χ1n) is 5.30. The summed E-state index contributed by atoms with van der Waals surface area (Å²) in [6.07, 6.45) is 3.58. The molecule has 0 saturated heterocycles. The molecule has 2 aromatic rings. The van der Waals surface area contributed by atoms with E-state index in [9.17, 15) is 4.79 Å². The largest absolute Gasteiger partial charge is 0.350 e. The predicted molar refractivity (Wildman–Crippen MR) is 68.3 cm³/mol. The zero-order valence-electron chi connectivity index (χ0n) is 9.21. The van der Waals surface area contributed by atoms with Crippen LogP contribution in [0.2, 0.25) is 0 Å². The minimum Gasteiger partial charge on any atom is -0.350 e. The molecule has 0 fully saturated rings. The van der Waals surface area contributed by atoms with Gasteiger partial charge in [-0.05, 0) is 24.3 Å². The van der Waals surface area contributed by atoms with Crippen LogP contribution >= 0.6 is 12.6 Å². The number of nitrogens with zero attached hydrogens (tertiary/aromatic N) is 2. The van der Waals surface area contributed by atoms with Crippen LogP contribution in [0.4, 0.5) is 0 Å². The van der Waals surface area contributed by atoms with Crippen LogP contribution in [0.15, 0.2) is 47.6 Å². The van der Waals surface area contributed by atoms with E-state index in [4.69, 9.17) is 0 Å². The molecule has 0 unspecified atom stereocenters. The average molecular weight is 247 g/mol. The maximum Gasteiger partial charge on any atom is 0.251 e. The Kier molecular flexibility index (Phi) is 3.82. The molecule has 5 heteroatoms. The Hall–Kier alpha value is -1.75. The number of thiol groups is 1.